The number of amides is 1. The quantitative estimate of drug-likeness (QED) is 0.848. The van der Waals surface area contributed by atoms with Gasteiger partial charge in [-0.1, -0.05) is 17.7 Å². The van der Waals surface area contributed by atoms with E-state index in [0.29, 0.717) is 18.0 Å². The van der Waals surface area contributed by atoms with Crippen molar-refractivity contribution in [3.8, 4) is 0 Å². The number of anilines is 1. The molecule has 16 heavy (non-hydrogen) atoms. The molecule has 0 spiro atoms. The topological polar surface area (TPSA) is 55.1 Å². The summed E-state index contributed by atoms with van der Waals surface area (Å²) >= 11 is 6.15. The van der Waals surface area contributed by atoms with Gasteiger partial charge in [-0.25, -0.2) is 0 Å². The van der Waals surface area contributed by atoms with Crippen LogP contribution in [-0.4, -0.2) is 12.5 Å². The fraction of sp³-hybridized carbons (Fsp3) is 0.417. The molecular weight excluding hydrogens is 224 g/mol. The number of rotatable bonds is 3. The highest BCUT2D eigenvalue weighted by Crippen LogP contribution is 2.32. The van der Waals surface area contributed by atoms with Gasteiger partial charge >= 0.3 is 0 Å². The molecule has 1 aromatic rings. The van der Waals surface area contributed by atoms with Crippen LogP contribution in [0.15, 0.2) is 12.1 Å². The number of aryl methyl sites for hydroxylation is 2. The Morgan fingerprint density at radius 3 is 2.94 bits per heavy atom. The van der Waals surface area contributed by atoms with Crippen LogP contribution in [0.5, 0.6) is 0 Å². The molecule has 0 saturated carbocycles. The predicted octanol–water partition coefficient (Wildman–Crippen LogP) is 2.12. The Morgan fingerprint density at radius 2 is 2.19 bits per heavy atom. The van der Waals surface area contributed by atoms with Crippen LogP contribution < -0.4 is 11.1 Å². The lowest BCUT2D eigenvalue weighted by atomic mass is 9.98. The Labute approximate surface area is 100.0 Å². The molecule has 1 aliphatic heterocycles. The molecule has 0 aliphatic carbocycles. The maximum absolute atomic E-state index is 11.2. The summed E-state index contributed by atoms with van der Waals surface area (Å²) < 4.78 is 0. The molecular formula is C12H15ClN2O. The van der Waals surface area contributed by atoms with Gasteiger partial charge in [-0.2, -0.15) is 0 Å². The molecule has 1 heterocycles. The van der Waals surface area contributed by atoms with Gasteiger partial charge in [0.25, 0.3) is 0 Å². The average Bonchev–Trinajstić information content (AvgIpc) is 2.27. The summed E-state index contributed by atoms with van der Waals surface area (Å²) in [4.78, 5) is 11.2. The molecule has 0 atom stereocenters. The normalized spacial score (nSPS) is 14.5. The van der Waals surface area contributed by atoms with E-state index in [9.17, 15) is 4.79 Å². The van der Waals surface area contributed by atoms with E-state index < -0.39 is 0 Å². The second kappa shape index (κ2) is 4.85. The maximum Gasteiger partial charge on any atom is 0.224 e. The summed E-state index contributed by atoms with van der Waals surface area (Å²) in [6.07, 6.45) is 3.22. The first-order valence-corrected chi connectivity index (χ1v) is 5.89. The first-order chi connectivity index (χ1) is 7.70. The number of halogens is 1. The molecule has 1 amide bonds. The van der Waals surface area contributed by atoms with Crippen molar-refractivity contribution < 1.29 is 4.79 Å². The summed E-state index contributed by atoms with van der Waals surface area (Å²) in [7, 11) is 0. The van der Waals surface area contributed by atoms with E-state index in [1.54, 1.807) is 0 Å². The molecule has 3 N–H and O–H groups in total. The standard InChI is InChI=1S/C12H15ClN2O/c13-10-7-8(2-1-5-14)6-9-3-4-11(16)15-12(9)10/h6-7H,1-5,14H2,(H,15,16). The highest BCUT2D eigenvalue weighted by Gasteiger charge is 2.17. The van der Waals surface area contributed by atoms with Gasteiger partial charge in [0.2, 0.25) is 5.91 Å². The number of fused-ring (bicyclic) bond motifs is 1. The fourth-order valence-corrected chi connectivity index (χ4v) is 2.27. The van der Waals surface area contributed by atoms with E-state index in [4.69, 9.17) is 17.3 Å². The van der Waals surface area contributed by atoms with Gasteiger partial charge in [0.1, 0.15) is 0 Å². The van der Waals surface area contributed by atoms with Gasteiger partial charge in [-0.15, -0.1) is 0 Å². The van der Waals surface area contributed by atoms with Crippen LogP contribution in [0.2, 0.25) is 5.02 Å². The van der Waals surface area contributed by atoms with Crippen molar-refractivity contribution in [1.82, 2.24) is 0 Å². The fourth-order valence-electron chi connectivity index (χ4n) is 1.96. The molecule has 3 nitrogen and oxygen atoms in total. The van der Waals surface area contributed by atoms with Gasteiger partial charge in [-0.05, 0) is 43.0 Å². The lowest BCUT2D eigenvalue weighted by Crippen LogP contribution is -2.19. The Balaban J connectivity index is 2.27. The van der Waals surface area contributed by atoms with E-state index in [-0.39, 0.29) is 5.91 Å². The van der Waals surface area contributed by atoms with E-state index >= 15 is 0 Å². The number of carbonyl (C=O) groups is 1. The smallest absolute Gasteiger partial charge is 0.224 e. The second-order valence-electron chi connectivity index (χ2n) is 4.05. The van der Waals surface area contributed by atoms with E-state index in [1.165, 1.54) is 5.56 Å². The van der Waals surface area contributed by atoms with Crippen LogP contribution in [0.3, 0.4) is 0 Å². The molecule has 0 aromatic heterocycles. The first kappa shape index (κ1) is 11.4. The van der Waals surface area contributed by atoms with Gasteiger partial charge in [0.05, 0.1) is 10.7 Å². The number of hydrogen-bond donors (Lipinski definition) is 2. The van der Waals surface area contributed by atoms with Crippen molar-refractivity contribution in [2.24, 2.45) is 5.73 Å². The summed E-state index contributed by atoms with van der Waals surface area (Å²) in [5, 5.41) is 3.45. The average molecular weight is 239 g/mol. The maximum atomic E-state index is 11.2. The van der Waals surface area contributed by atoms with Crippen molar-refractivity contribution >= 4 is 23.2 Å². The van der Waals surface area contributed by atoms with Gasteiger partial charge in [0.15, 0.2) is 0 Å². The third-order valence-electron chi connectivity index (χ3n) is 2.79. The van der Waals surface area contributed by atoms with Crippen LogP contribution in [0.1, 0.15) is 24.0 Å². The minimum atomic E-state index is 0.0455. The predicted molar refractivity (Wildman–Crippen MR) is 65.8 cm³/mol. The first-order valence-electron chi connectivity index (χ1n) is 5.52. The highest BCUT2D eigenvalue weighted by molar-refractivity contribution is 6.34. The number of benzene rings is 1. The van der Waals surface area contributed by atoms with Gasteiger partial charge in [0, 0.05) is 6.42 Å². The summed E-state index contributed by atoms with van der Waals surface area (Å²) in [5.41, 5.74) is 8.60. The Hall–Kier alpha value is -1.06. The zero-order valence-corrected chi connectivity index (χ0v) is 9.81. The largest absolute Gasteiger partial charge is 0.330 e. The van der Waals surface area contributed by atoms with Crippen LogP contribution in [0, 0.1) is 0 Å². The van der Waals surface area contributed by atoms with Gasteiger partial charge in [-0.3, -0.25) is 4.79 Å². The minimum Gasteiger partial charge on any atom is -0.330 e. The monoisotopic (exact) mass is 238 g/mol. The third kappa shape index (κ3) is 2.36. The van der Waals surface area contributed by atoms with Crippen LogP contribution in [0.25, 0.3) is 0 Å². The molecule has 86 valence electrons. The molecule has 0 bridgehead atoms. The number of nitrogens with one attached hydrogen (secondary N) is 1. The van der Waals surface area contributed by atoms with Crippen molar-refractivity contribution in [2.45, 2.75) is 25.7 Å². The number of hydrogen-bond acceptors (Lipinski definition) is 2. The molecule has 0 unspecified atom stereocenters. The summed E-state index contributed by atoms with van der Waals surface area (Å²) in [5.74, 6) is 0.0455. The second-order valence-corrected chi connectivity index (χ2v) is 4.46. The van der Waals surface area contributed by atoms with Crippen molar-refractivity contribution in [2.75, 3.05) is 11.9 Å². The van der Waals surface area contributed by atoms with E-state index in [2.05, 4.69) is 11.4 Å². The SMILES string of the molecule is NCCCc1cc(Cl)c2c(c1)CCC(=O)N2. The molecule has 4 heteroatoms. The molecule has 0 fully saturated rings. The Morgan fingerprint density at radius 1 is 1.38 bits per heavy atom. The van der Waals surface area contributed by atoms with Crippen LogP contribution >= 0.6 is 11.6 Å². The van der Waals surface area contributed by atoms with Crippen LogP contribution in [0.4, 0.5) is 5.69 Å². The van der Waals surface area contributed by atoms with Crippen molar-refractivity contribution in [3.05, 3.63) is 28.3 Å². The van der Waals surface area contributed by atoms with E-state index in [0.717, 1.165) is 30.5 Å². The third-order valence-corrected chi connectivity index (χ3v) is 3.09. The minimum absolute atomic E-state index is 0.0455. The zero-order chi connectivity index (χ0) is 11.5. The van der Waals surface area contributed by atoms with E-state index in [1.807, 2.05) is 6.07 Å². The molecule has 0 radical (unpaired) electrons. The van der Waals surface area contributed by atoms with Crippen molar-refractivity contribution in [1.29, 1.82) is 0 Å². The molecule has 0 saturated heterocycles. The summed E-state index contributed by atoms with van der Waals surface area (Å²) in [6.45, 7) is 0.686. The highest BCUT2D eigenvalue weighted by atomic mass is 35.5. The lowest BCUT2D eigenvalue weighted by molar-refractivity contribution is -0.116. The number of carbonyl (C=O) groups excluding carboxylic acids is 1. The molecule has 1 aromatic carbocycles. The van der Waals surface area contributed by atoms with Gasteiger partial charge < -0.3 is 11.1 Å². The zero-order valence-electron chi connectivity index (χ0n) is 9.05. The van der Waals surface area contributed by atoms with Crippen molar-refractivity contribution in [3.63, 3.8) is 0 Å². The number of nitrogens with two attached hydrogens (primary N) is 1. The summed E-state index contributed by atoms with van der Waals surface area (Å²) in [6, 6.07) is 4.04. The van der Waals surface area contributed by atoms with Crippen LogP contribution in [-0.2, 0) is 17.6 Å². The Kier molecular flexibility index (Phi) is 3.46. The molecule has 2 rings (SSSR count). The molecule has 1 aliphatic rings. The Bertz CT molecular complexity index is 418. The lowest BCUT2D eigenvalue weighted by Gasteiger charge is -2.19.